The Kier molecular flexibility index (Phi) is 7.05. The number of likely N-dealkylation sites (N-methyl/N-ethyl adjacent to an activating group) is 1. The molecule has 37 heavy (non-hydrogen) atoms. The minimum atomic E-state index is -0.356. The third-order valence-corrected chi connectivity index (χ3v) is 6.77. The number of aromatic amines is 1. The number of aromatic hydroxyl groups is 2. The van der Waals surface area contributed by atoms with Crippen LogP contribution in [0.3, 0.4) is 0 Å². The van der Waals surface area contributed by atoms with Crippen LogP contribution < -0.4 is 10.5 Å². The molecule has 0 atom stereocenters. The van der Waals surface area contributed by atoms with Gasteiger partial charge in [-0.25, -0.2) is 0 Å². The first-order valence-electron chi connectivity index (χ1n) is 12.4. The molecule has 1 saturated heterocycles. The van der Waals surface area contributed by atoms with Crippen LogP contribution in [0.5, 0.6) is 11.6 Å². The number of hydrogen-bond donors (Lipinski definition) is 3. The smallest absolute Gasteiger partial charge is 0.258 e. The highest BCUT2D eigenvalue weighted by molar-refractivity contribution is 6.02. The summed E-state index contributed by atoms with van der Waals surface area (Å²) < 4.78 is 0. The lowest BCUT2D eigenvalue weighted by Gasteiger charge is -2.34. The summed E-state index contributed by atoms with van der Waals surface area (Å²) in [6, 6.07) is 20.7. The molecule has 0 bridgehead atoms. The number of aromatic nitrogens is 1. The number of anilines is 1. The number of nitrogens with one attached hydrogen (secondary N) is 1. The van der Waals surface area contributed by atoms with Crippen molar-refractivity contribution in [1.82, 2.24) is 9.88 Å². The summed E-state index contributed by atoms with van der Waals surface area (Å²) in [5.41, 5.74) is 3.73. The monoisotopic (exact) mass is 494 g/mol. The van der Waals surface area contributed by atoms with E-state index in [1.807, 2.05) is 48.6 Å². The van der Waals surface area contributed by atoms with Gasteiger partial charge in [0.2, 0.25) is 5.88 Å². The van der Waals surface area contributed by atoms with Gasteiger partial charge in [0.25, 0.3) is 5.56 Å². The van der Waals surface area contributed by atoms with Crippen LogP contribution in [0.1, 0.15) is 16.7 Å². The van der Waals surface area contributed by atoms with Crippen molar-refractivity contribution in [1.29, 1.82) is 0 Å². The van der Waals surface area contributed by atoms with E-state index in [1.165, 1.54) is 5.69 Å². The maximum atomic E-state index is 12.5. The van der Waals surface area contributed by atoms with Crippen molar-refractivity contribution >= 4 is 34.4 Å². The van der Waals surface area contributed by atoms with Crippen molar-refractivity contribution in [2.24, 2.45) is 4.99 Å². The van der Waals surface area contributed by atoms with Crippen molar-refractivity contribution in [3.05, 3.63) is 99.9 Å². The van der Waals surface area contributed by atoms with Crippen LogP contribution >= 0.6 is 0 Å². The molecule has 1 aliphatic rings. The summed E-state index contributed by atoms with van der Waals surface area (Å²) in [5, 5.41) is 21.6. The molecule has 5 rings (SSSR count). The lowest BCUT2D eigenvalue weighted by molar-refractivity contribution is 0.313. The Bertz CT molecular complexity index is 1510. The number of allylic oxidation sites excluding steroid dienone is 1. The molecule has 0 unspecified atom stereocenters. The number of rotatable bonds is 6. The van der Waals surface area contributed by atoms with Crippen LogP contribution in [-0.2, 0) is 6.42 Å². The van der Waals surface area contributed by atoms with E-state index in [2.05, 4.69) is 39.0 Å². The van der Waals surface area contributed by atoms with Gasteiger partial charge in [-0.05, 0) is 67.1 Å². The SMILES string of the molecule is CN1CCN(c2ccc(N=Cc3c(O)[nH]c(=O)c4ccc(C=CCc5ccccc5O)cc34)cc2)CC1. The summed E-state index contributed by atoms with van der Waals surface area (Å²) >= 11 is 0. The summed E-state index contributed by atoms with van der Waals surface area (Å²) in [6.07, 6.45) is 6.05. The molecule has 0 aliphatic carbocycles. The lowest BCUT2D eigenvalue weighted by Crippen LogP contribution is -2.44. The van der Waals surface area contributed by atoms with Crippen LogP contribution in [0.25, 0.3) is 16.8 Å². The minimum absolute atomic E-state index is 0.217. The average molecular weight is 495 g/mol. The number of hydrogen-bond acceptors (Lipinski definition) is 6. The molecule has 3 aromatic carbocycles. The maximum Gasteiger partial charge on any atom is 0.258 e. The van der Waals surface area contributed by atoms with Crippen LogP contribution in [-0.4, -0.2) is 59.5 Å². The van der Waals surface area contributed by atoms with Gasteiger partial charge >= 0.3 is 0 Å². The van der Waals surface area contributed by atoms with Crippen LogP contribution in [0.15, 0.2) is 82.6 Å². The van der Waals surface area contributed by atoms with E-state index in [1.54, 1.807) is 24.4 Å². The molecule has 1 aromatic heterocycles. The van der Waals surface area contributed by atoms with E-state index in [0.29, 0.717) is 22.8 Å². The fourth-order valence-corrected chi connectivity index (χ4v) is 4.55. The minimum Gasteiger partial charge on any atom is -0.508 e. The van der Waals surface area contributed by atoms with E-state index in [9.17, 15) is 15.0 Å². The normalized spacial score (nSPS) is 14.8. The second-order valence-electron chi connectivity index (χ2n) is 9.32. The fraction of sp³-hybridized carbons (Fsp3) is 0.200. The van der Waals surface area contributed by atoms with Crippen molar-refractivity contribution in [3.8, 4) is 11.6 Å². The Morgan fingerprint density at radius 1 is 0.946 bits per heavy atom. The first-order valence-corrected chi connectivity index (χ1v) is 12.4. The standard InChI is InChI=1S/C30H30N4O3/c1-33-15-17-34(18-16-33)24-12-10-23(11-13-24)31-20-27-26-19-21(9-14-25(26)29(36)32-30(27)37)5-4-7-22-6-2-3-8-28(22)35/h2-6,8-14,19-20,35H,7,15-18H2,1H3,(H2,32,36,37). The van der Waals surface area contributed by atoms with E-state index < -0.39 is 0 Å². The van der Waals surface area contributed by atoms with Crippen molar-refractivity contribution in [2.45, 2.75) is 6.42 Å². The molecular weight excluding hydrogens is 464 g/mol. The van der Waals surface area contributed by atoms with Crippen LogP contribution in [0.4, 0.5) is 11.4 Å². The zero-order valence-electron chi connectivity index (χ0n) is 20.8. The van der Waals surface area contributed by atoms with Gasteiger partial charge in [-0.2, -0.15) is 0 Å². The molecule has 4 aromatic rings. The van der Waals surface area contributed by atoms with Gasteiger partial charge in [0.1, 0.15) is 5.75 Å². The number of nitrogens with zero attached hydrogens (tertiary/aromatic N) is 3. The number of pyridine rings is 1. The molecular formula is C30H30N4O3. The number of H-pyrrole nitrogens is 1. The second kappa shape index (κ2) is 10.7. The van der Waals surface area contributed by atoms with Crippen molar-refractivity contribution in [2.75, 3.05) is 38.1 Å². The van der Waals surface area contributed by atoms with Crippen LogP contribution in [0.2, 0.25) is 0 Å². The highest BCUT2D eigenvalue weighted by atomic mass is 16.3. The molecule has 1 aliphatic heterocycles. The molecule has 2 heterocycles. The second-order valence-corrected chi connectivity index (χ2v) is 9.32. The van der Waals surface area contributed by atoms with E-state index in [4.69, 9.17) is 0 Å². The molecule has 1 fully saturated rings. The predicted octanol–water partition coefficient (Wildman–Crippen LogP) is 4.70. The Morgan fingerprint density at radius 2 is 1.70 bits per heavy atom. The number of aliphatic imine (C=N–C) groups is 1. The fourth-order valence-electron chi connectivity index (χ4n) is 4.55. The zero-order chi connectivity index (χ0) is 25.8. The summed E-state index contributed by atoms with van der Waals surface area (Å²) in [4.78, 5) is 24.3. The van der Waals surface area contributed by atoms with Gasteiger partial charge in [-0.3, -0.25) is 14.8 Å². The first-order chi connectivity index (χ1) is 18.0. The largest absolute Gasteiger partial charge is 0.508 e. The molecule has 7 heteroatoms. The number of benzene rings is 3. The van der Waals surface area contributed by atoms with E-state index in [-0.39, 0.29) is 17.2 Å². The Balaban J connectivity index is 1.39. The highest BCUT2D eigenvalue weighted by Gasteiger charge is 2.14. The number of phenolic OH excluding ortho intramolecular Hbond substituents is 1. The Labute approximate surface area is 215 Å². The Morgan fingerprint density at radius 3 is 2.46 bits per heavy atom. The molecule has 3 N–H and O–H groups in total. The summed E-state index contributed by atoms with van der Waals surface area (Å²) in [5.74, 6) is 0.0443. The van der Waals surface area contributed by atoms with Gasteiger partial charge in [0.05, 0.1) is 11.3 Å². The van der Waals surface area contributed by atoms with Gasteiger partial charge in [0, 0.05) is 48.9 Å². The van der Waals surface area contributed by atoms with Gasteiger partial charge < -0.3 is 20.0 Å². The topological polar surface area (TPSA) is 92.2 Å². The summed E-state index contributed by atoms with van der Waals surface area (Å²) in [7, 11) is 2.14. The lowest BCUT2D eigenvalue weighted by atomic mass is 10.0. The molecule has 0 spiro atoms. The highest BCUT2D eigenvalue weighted by Crippen LogP contribution is 2.25. The predicted molar refractivity (Wildman–Crippen MR) is 150 cm³/mol. The third-order valence-electron chi connectivity index (χ3n) is 6.77. The number of para-hydroxylation sites is 1. The van der Waals surface area contributed by atoms with E-state index >= 15 is 0 Å². The zero-order valence-corrected chi connectivity index (χ0v) is 20.8. The molecule has 0 amide bonds. The third kappa shape index (κ3) is 5.57. The molecule has 0 radical (unpaired) electrons. The number of phenols is 1. The van der Waals surface area contributed by atoms with Crippen LogP contribution in [0, 0.1) is 0 Å². The maximum absolute atomic E-state index is 12.5. The van der Waals surface area contributed by atoms with Crippen molar-refractivity contribution in [3.63, 3.8) is 0 Å². The summed E-state index contributed by atoms with van der Waals surface area (Å²) in [6.45, 7) is 4.09. The number of piperazine rings is 1. The van der Waals surface area contributed by atoms with Gasteiger partial charge in [-0.15, -0.1) is 0 Å². The van der Waals surface area contributed by atoms with Gasteiger partial charge in [-0.1, -0.05) is 36.4 Å². The molecule has 188 valence electrons. The molecule has 7 nitrogen and oxygen atoms in total. The van der Waals surface area contributed by atoms with Crippen molar-refractivity contribution < 1.29 is 10.2 Å². The molecule has 0 saturated carbocycles. The number of fused-ring (bicyclic) bond motifs is 1. The Hall–Kier alpha value is -4.36. The van der Waals surface area contributed by atoms with E-state index in [0.717, 1.165) is 43.0 Å². The first kappa shape index (κ1) is 24.3. The quantitative estimate of drug-likeness (QED) is 0.338. The average Bonchev–Trinajstić information content (AvgIpc) is 2.90. The van der Waals surface area contributed by atoms with Gasteiger partial charge in [0.15, 0.2) is 0 Å².